The molecule has 0 saturated heterocycles. The second-order valence-electron chi connectivity index (χ2n) is 3.75. The van der Waals surface area contributed by atoms with Gasteiger partial charge >= 0.3 is 0 Å². The van der Waals surface area contributed by atoms with Crippen LogP contribution in [-0.2, 0) is 0 Å². The third-order valence-corrected chi connectivity index (χ3v) is 2.16. The standard InChI is InChI=1S/C10H18N2O2/c1-4-5-9(6-7(2)13)10-11-8(3)12-14-10/h7,9,13H,4-6H2,1-3H3. The lowest BCUT2D eigenvalue weighted by atomic mass is 9.97. The van der Waals surface area contributed by atoms with E-state index in [1.165, 1.54) is 0 Å². The maximum Gasteiger partial charge on any atom is 0.229 e. The van der Waals surface area contributed by atoms with Gasteiger partial charge in [-0.25, -0.2) is 0 Å². The van der Waals surface area contributed by atoms with Crippen molar-refractivity contribution in [3.05, 3.63) is 11.7 Å². The Morgan fingerprint density at radius 2 is 2.21 bits per heavy atom. The van der Waals surface area contributed by atoms with Gasteiger partial charge in [0.15, 0.2) is 5.82 Å². The summed E-state index contributed by atoms with van der Waals surface area (Å²) in [5, 5.41) is 13.1. The van der Waals surface area contributed by atoms with E-state index in [1.807, 2.05) is 0 Å². The number of aryl methyl sites for hydroxylation is 1. The molecule has 2 atom stereocenters. The molecule has 0 saturated carbocycles. The highest BCUT2D eigenvalue weighted by Crippen LogP contribution is 2.24. The first-order valence-corrected chi connectivity index (χ1v) is 5.11. The molecule has 0 spiro atoms. The highest BCUT2D eigenvalue weighted by atomic mass is 16.5. The van der Waals surface area contributed by atoms with E-state index in [1.54, 1.807) is 13.8 Å². The first kappa shape index (κ1) is 11.2. The summed E-state index contributed by atoms with van der Waals surface area (Å²) in [5.41, 5.74) is 0. The van der Waals surface area contributed by atoms with Crippen LogP contribution in [0, 0.1) is 6.92 Å². The van der Waals surface area contributed by atoms with Crippen molar-refractivity contribution in [2.24, 2.45) is 0 Å². The molecule has 14 heavy (non-hydrogen) atoms. The summed E-state index contributed by atoms with van der Waals surface area (Å²) in [6.07, 6.45) is 2.40. The van der Waals surface area contributed by atoms with Gasteiger partial charge in [-0.2, -0.15) is 4.98 Å². The molecule has 80 valence electrons. The molecule has 0 aliphatic heterocycles. The summed E-state index contributed by atoms with van der Waals surface area (Å²) in [6, 6.07) is 0. The minimum absolute atomic E-state index is 0.196. The molecular formula is C10H18N2O2. The zero-order chi connectivity index (χ0) is 10.6. The van der Waals surface area contributed by atoms with Crippen molar-refractivity contribution >= 4 is 0 Å². The predicted molar refractivity (Wildman–Crippen MR) is 53.0 cm³/mol. The fraction of sp³-hybridized carbons (Fsp3) is 0.800. The largest absolute Gasteiger partial charge is 0.393 e. The number of aliphatic hydroxyl groups excluding tert-OH is 1. The molecule has 4 heteroatoms. The third kappa shape index (κ3) is 3.10. The molecule has 1 heterocycles. The van der Waals surface area contributed by atoms with Crippen molar-refractivity contribution < 1.29 is 9.63 Å². The molecule has 4 nitrogen and oxygen atoms in total. The number of hydrogen-bond donors (Lipinski definition) is 1. The average Bonchev–Trinajstić information content (AvgIpc) is 2.50. The van der Waals surface area contributed by atoms with Gasteiger partial charge in [-0.3, -0.25) is 0 Å². The van der Waals surface area contributed by atoms with Crippen LogP contribution < -0.4 is 0 Å². The van der Waals surface area contributed by atoms with Crippen LogP contribution in [0.25, 0.3) is 0 Å². The molecule has 0 aliphatic carbocycles. The minimum Gasteiger partial charge on any atom is -0.393 e. The number of hydrogen-bond acceptors (Lipinski definition) is 4. The average molecular weight is 198 g/mol. The molecule has 0 aromatic carbocycles. The Hall–Kier alpha value is -0.900. The summed E-state index contributed by atoms with van der Waals surface area (Å²) in [5.74, 6) is 1.51. The van der Waals surface area contributed by atoms with Gasteiger partial charge in [0.05, 0.1) is 6.10 Å². The Bertz CT molecular complexity index is 271. The molecule has 2 unspecified atom stereocenters. The van der Waals surface area contributed by atoms with Crippen molar-refractivity contribution in [2.75, 3.05) is 0 Å². The van der Waals surface area contributed by atoms with Gasteiger partial charge in [-0.1, -0.05) is 18.5 Å². The van der Waals surface area contributed by atoms with E-state index in [2.05, 4.69) is 17.1 Å². The van der Waals surface area contributed by atoms with Gasteiger partial charge in [0.2, 0.25) is 5.89 Å². The van der Waals surface area contributed by atoms with E-state index in [4.69, 9.17) is 4.52 Å². The second-order valence-corrected chi connectivity index (χ2v) is 3.75. The van der Waals surface area contributed by atoms with Gasteiger partial charge in [0, 0.05) is 5.92 Å². The van der Waals surface area contributed by atoms with Crippen LogP contribution in [-0.4, -0.2) is 21.4 Å². The van der Waals surface area contributed by atoms with Crippen LogP contribution in [0.3, 0.4) is 0 Å². The predicted octanol–water partition coefficient (Wildman–Crippen LogP) is 2.03. The van der Waals surface area contributed by atoms with Gasteiger partial charge in [0.1, 0.15) is 0 Å². The summed E-state index contributed by atoms with van der Waals surface area (Å²) < 4.78 is 5.11. The maximum atomic E-state index is 9.33. The minimum atomic E-state index is -0.321. The Morgan fingerprint density at radius 3 is 2.64 bits per heavy atom. The van der Waals surface area contributed by atoms with E-state index >= 15 is 0 Å². The van der Waals surface area contributed by atoms with Crippen molar-refractivity contribution in [1.29, 1.82) is 0 Å². The smallest absolute Gasteiger partial charge is 0.229 e. The van der Waals surface area contributed by atoms with E-state index in [-0.39, 0.29) is 12.0 Å². The van der Waals surface area contributed by atoms with Crippen molar-refractivity contribution in [3.63, 3.8) is 0 Å². The van der Waals surface area contributed by atoms with Crippen molar-refractivity contribution in [1.82, 2.24) is 10.1 Å². The van der Waals surface area contributed by atoms with Gasteiger partial charge in [0.25, 0.3) is 0 Å². The number of aromatic nitrogens is 2. The van der Waals surface area contributed by atoms with Gasteiger partial charge < -0.3 is 9.63 Å². The Kier molecular flexibility index (Phi) is 4.07. The Balaban J connectivity index is 2.66. The molecule has 0 bridgehead atoms. The Morgan fingerprint density at radius 1 is 1.50 bits per heavy atom. The first-order chi connectivity index (χ1) is 6.63. The molecular weight excluding hydrogens is 180 g/mol. The van der Waals surface area contributed by atoms with Crippen LogP contribution >= 0.6 is 0 Å². The topological polar surface area (TPSA) is 59.2 Å². The van der Waals surface area contributed by atoms with Gasteiger partial charge in [-0.05, 0) is 26.7 Å². The summed E-state index contributed by atoms with van der Waals surface area (Å²) in [6.45, 7) is 5.70. The summed E-state index contributed by atoms with van der Waals surface area (Å²) >= 11 is 0. The lowest BCUT2D eigenvalue weighted by Crippen LogP contribution is -2.09. The van der Waals surface area contributed by atoms with Gasteiger partial charge in [-0.15, -0.1) is 0 Å². The summed E-state index contributed by atoms with van der Waals surface area (Å²) in [4.78, 5) is 4.19. The quantitative estimate of drug-likeness (QED) is 0.786. The van der Waals surface area contributed by atoms with Crippen molar-refractivity contribution in [2.45, 2.75) is 52.1 Å². The molecule has 1 N–H and O–H groups in total. The molecule has 0 fully saturated rings. The van der Waals surface area contributed by atoms with E-state index < -0.39 is 0 Å². The highest BCUT2D eigenvalue weighted by molar-refractivity contribution is 4.93. The molecule has 1 aromatic heterocycles. The zero-order valence-electron chi connectivity index (χ0n) is 9.03. The Labute approximate surface area is 84.3 Å². The van der Waals surface area contributed by atoms with Crippen LogP contribution in [0.1, 0.15) is 50.7 Å². The van der Waals surface area contributed by atoms with Crippen LogP contribution in [0.15, 0.2) is 4.52 Å². The van der Waals surface area contributed by atoms with E-state index in [0.717, 1.165) is 12.8 Å². The fourth-order valence-corrected chi connectivity index (χ4v) is 1.58. The van der Waals surface area contributed by atoms with E-state index in [0.29, 0.717) is 18.1 Å². The van der Waals surface area contributed by atoms with Crippen molar-refractivity contribution in [3.8, 4) is 0 Å². The SMILES string of the molecule is CCCC(CC(C)O)c1nc(C)no1. The fourth-order valence-electron chi connectivity index (χ4n) is 1.58. The monoisotopic (exact) mass is 198 g/mol. The lowest BCUT2D eigenvalue weighted by molar-refractivity contribution is 0.164. The molecule has 1 rings (SSSR count). The normalized spacial score (nSPS) is 15.4. The first-order valence-electron chi connectivity index (χ1n) is 5.11. The maximum absolute atomic E-state index is 9.33. The third-order valence-electron chi connectivity index (χ3n) is 2.16. The molecule has 0 amide bonds. The van der Waals surface area contributed by atoms with Crippen LogP contribution in [0.4, 0.5) is 0 Å². The summed E-state index contributed by atoms with van der Waals surface area (Å²) in [7, 11) is 0. The van der Waals surface area contributed by atoms with Crippen LogP contribution in [0.2, 0.25) is 0 Å². The number of aliphatic hydroxyl groups is 1. The number of nitrogens with zero attached hydrogens (tertiary/aromatic N) is 2. The second kappa shape index (κ2) is 5.10. The zero-order valence-corrected chi connectivity index (χ0v) is 9.03. The molecule has 0 radical (unpaired) electrons. The van der Waals surface area contributed by atoms with Crippen LogP contribution in [0.5, 0.6) is 0 Å². The lowest BCUT2D eigenvalue weighted by Gasteiger charge is -2.12. The van der Waals surface area contributed by atoms with E-state index in [9.17, 15) is 5.11 Å². The molecule has 0 aliphatic rings. The molecule has 1 aromatic rings. The number of rotatable bonds is 5. The highest BCUT2D eigenvalue weighted by Gasteiger charge is 2.19.